The lowest BCUT2D eigenvalue weighted by Crippen LogP contribution is -2.31. The zero-order chi connectivity index (χ0) is 15.8. The van der Waals surface area contributed by atoms with Gasteiger partial charge in [0.1, 0.15) is 0 Å². The minimum Gasteiger partial charge on any atom is -0.315 e. The first-order valence-electron chi connectivity index (χ1n) is 7.40. The van der Waals surface area contributed by atoms with Crippen LogP contribution in [0.1, 0.15) is 36.9 Å². The van der Waals surface area contributed by atoms with Crippen LogP contribution >= 0.6 is 11.3 Å². The third-order valence-corrected chi connectivity index (χ3v) is 7.44. The van der Waals surface area contributed by atoms with Crippen LogP contribution in [-0.2, 0) is 16.6 Å². The molecule has 1 unspecified atom stereocenters. The largest absolute Gasteiger partial charge is 0.315 e. The summed E-state index contributed by atoms with van der Waals surface area (Å²) in [5.74, 6) is 0.433. The Morgan fingerprint density at radius 3 is 2.62 bits per heavy atom. The second-order valence-electron chi connectivity index (χ2n) is 6.88. The molecule has 21 heavy (non-hydrogen) atoms. The molecule has 1 saturated heterocycles. The van der Waals surface area contributed by atoms with Crippen molar-refractivity contribution in [2.45, 2.75) is 45.6 Å². The fourth-order valence-corrected chi connectivity index (χ4v) is 5.95. The highest BCUT2D eigenvalue weighted by Gasteiger charge is 2.38. The van der Waals surface area contributed by atoms with Gasteiger partial charge in [-0.25, -0.2) is 8.42 Å². The topological polar surface area (TPSA) is 49.4 Å². The molecule has 0 aliphatic carbocycles. The second kappa shape index (κ2) is 5.99. The van der Waals surface area contributed by atoms with Gasteiger partial charge in [-0.15, -0.1) is 11.3 Å². The highest BCUT2D eigenvalue weighted by Crippen LogP contribution is 2.37. The maximum absolute atomic E-state index is 12.9. The molecule has 1 aliphatic rings. The van der Waals surface area contributed by atoms with Gasteiger partial charge in [0.15, 0.2) is 0 Å². The van der Waals surface area contributed by atoms with Crippen molar-refractivity contribution in [2.75, 3.05) is 20.1 Å². The molecule has 1 aromatic heterocycles. The Labute approximate surface area is 132 Å². The van der Waals surface area contributed by atoms with E-state index in [1.54, 1.807) is 15.6 Å². The van der Waals surface area contributed by atoms with Crippen LogP contribution in [0.2, 0.25) is 0 Å². The van der Waals surface area contributed by atoms with Gasteiger partial charge >= 0.3 is 0 Å². The van der Waals surface area contributed by atoms with Crippen molar-refractivity contribution < 1.29 is 8.42 Å². The fourth-order valence-electron chi connectivity index (χ4n) is 2.83. The van der Waals surface area contributed by atoms with E-state index in [0.29, 0.717) is 30.4 Å². The number of nitrogens with zero attached hydrogens (tertiary/aromatic N) is 1. The fraction of sp³-hybridized carbons (Fsp3) is 0.733. The Bertz CT molecular complexity index is 600. The van der Waals surface area contributed by atoms with Crippen molar-refractivity contribution in [3.63, 3.8) is 0 Å². The highest BCUT2D eigenvalue weighted by atomic mass is 32.2. The SMILES string of the molecule is CNCc1cc(S(=O)(=O)N2CCC(C(C)(C)C)C2)c(C)s1. The van der Waals surface area contributed by atoms with Crippen molar-refractivity contribution in [1.29, 1.82) is 0 Å². The Hall–Kier alpha value is -0.430. The molecule has 6 heteroatoms. The van der Waals surface area contributed by atoms with Gasteiger partial charge in [0, 0.05) is 29.4 Å². The average Bonchev–Trinajstić information content (AvgIpc) is 2.96. The highest BCUT2D eigenvalue weighted by molar-refractivity contribution is 7.89. The maximum Gasteiger partial charge on any atom is 0.244 e. The lowest BCUT2D eigenvalue weighted by molar-refractivity contribution is 0.252. The van der Waals surface area contributed by atoms with E-state index in [2.05, 4.69) is 26.1 Å². The zero-order valence-electron chi connectivity index (χ0n) is 13.6. The summed E-state index contributed by atoms with van der Waals surface area (Å²) >= 11 is 1.56. The molecule has 1 aromatic rings. The van der Waals surface area contributed by atoms with E-state index in [1.807, 2.05) is 20.0 Å². The summed E-state index contributed by atoms with van der Waals surface area (Å²) < 4.78 is 27.4. The van der Waals surface area contributed by atoms with Crippen LogP contribution < -0.4 is 5.32 Å². The van der Waals surface area contributed by atoms with Crippen molar-refractivity contribution in [1.82, 2.24) is 9.62 Å². The normalized spacial score (nSPS) is 21.1. The molecule has 1 N–H and O–H groups in total. The number of sulfonamides is 1. The van der Waals surface area contributed by atoms with E-state index < -0.39 is 10.0 Å². The van der Waals surface area contributed by atoms with Gasteiger partial charge < -0.3 is 5.32 Å². The van der Waals surface area contributed by atoms with E-state index in [-0.39, 0.29) is 5.41 Å². The first kappa shape index (κ1) is 16.9. The van der Waals surface area contributed by atoms with Crippen LogP contribution in [0, 0.1) is 18.3 Å². The third-order valence-electron chi connectivity index (χ3n) is 4.27. The molecule has 120 valence electrons. The monoisotopic (exact) mass is 330 g/mol. The van der Waals surface area contributed by atoms with Crippen LogP contribution in [0.25, 0.3) is 0 Å². The van der Waals surface area contributed by atoms with Gasteiger partial charge in [0.25, 0.3) is 0 Å². The Balaban J connectivity index is 2.23. The summed E-state index contributed by atoms with van der Waals surface area (Å²) in [7, 11) is -1.47. The van der Waals surface area contributed by atoms with Crippen LogP contribution in [-0.4, -0.2) is 32.9 Å². The minimum absolute atomic E-state index is 0.158. The van der Waals surface area contributed by atoms with Crippen molar-refractivity contribution in [3.8, 4) is 0 Å². The molecule has 0 radical (unpaired) electrons. The second-order valence-corrected chi connectivity index (χ2v) is 10.1. The summed E-state index contributed by atoms with van der Waals surface area (Å²) in [5, 5.41) is 3.07. The molecule has 2 heterocycles. The minimum atomic E-state index is -3.34. The number of thiophene rings is 1. The van der Waals surface area contributed by atoms with Crippen molar-refractivity contribution in [3.05, 3.63) is 15.8 Å². The average molecular weight is 331 g/mol. The van der Waals surface area contributed by atoms with E-state index in [4.69, 9.17) is 0 Å². The lowest BCUT2D eigenvalue weighted by Gasteiger charge is -2.26. The predicted octanol–water partition coefficient (Wildman–Crippen LogP) is 2.83. The number of nitrogens with one attached hydrogen (secondary N) is 1. The number of aryl methyl sites for hydroxylation is 1. The molecule has 0 bridgehead atoms. The summed E-state index contributed by atoms with van der Waals surface area (Å²) in [5.41, 5.74) is 0.158. The summed E-state index contributed by atoms with van der Waals surface area (Å²) in [6.07, 6.45) is 0.954. The van der Waals surface area contributed by atoms with Crippen molar-refractivity contribution >= 4 is 21.4 Å². The van der Waals surface area contributed by atoms with Gasteiger partial charge in [-0.2, -0.15) is 4.31 Å². The number of rotatable bonds is 4. The smallest absolute Gasteiger partial charge is 0.244 e. The molecule has 0 spiro atoms. The molecular weight excluding hydrogens is 304 g/mol. The standard InChI is InChI=1S/C15H26N2O2S2/c1-11-14(8-13(20-11)9-16-5)21(18,19)17-7-6-12(10-17)15(2,3)4/h8,12,16H,6-7,9-10H2,1-5H3. The van der Waals surface area contributed by atoms with E-state index in [0.717, 1.165) is 16.2 Å². The van der Waals surface area contributed by atoms with Crippen LogP contribution in [0.4, 0.5) is 0 Å². The first-order chi connectivity index (χ1) is 9.66. The summed E-state index contributed by atoms with van der Waals surface area (Å²) in [4.78, 5) is 2.45. The summed E-state index contributed by atoms with van der Waals surface area (Å²) in [6, 6.07) is 1.83. The van der Waals surface area contributed by atoms with Crippen LogP contribution in [0.5, 0.6) is 0 Å². The molecular formula is C15H26N2O2S2. The molecule has 1 aliphatic heterocycles. The first-order valence-corrected chi connectivity index (χ1v) is 9.66. The molecule has 0 saturated carbocycles. The Kier molecular flexibility index (Phi) is 4.83. The van der Waals surface area contributed by atoms with Crippen LogP contribution in [0.3, 0.4) is 0 Å². The zero-order valence-corrected chi connectivity index (χ0v) is 15.2. The number of hydrogen-bond donors (Lipinski definition) is 1. The lowest BCUT2D eigenvalue weighted by atomic mass is 9.80. The molecule has 1 atom stereocenters. The molecule has 0 amide bonds. The Morgan fingerprint density at radius 1 is 1.43 bits per heavy atom. The molecule has 1 fully saturated rings. The van der Waals surface area contributed by atoms with Crippen LogP contribution in [0.15, 0.2) is 11.0 Å². The Morgan fingerprint density at radius 2 is 2.10 bits per heavy atom. The van der Waals surface area contributed by atoms with Crippen molar-refractivity contribution in [2.24, 2.45) is 11.3 Å². The van der Waals surface area contributed by atoms with Gasteiger partial charge in [-0.1, -0.05) is 20.8 Å². The quantitative estimate of drug-likeness (QED) is 0.923. The molecule has 0 aromatic carbocycles. The van der Waals surface area contributed by atoms with Gasteiger partial charge in [0.05, 0.1) is 4.90 Å². The summed E-state index contributed by atoms with van der Waals surface area (Å²) in [6.45, 7) is 10.5. The van der Waals surface area contributed by atoms with E-state index >= 15 is 0 Å². The van der Waals surface area contributed by atoms with E-state index in [1.165, 1.54) is 0 Å². The molecule has 2 rings (SSSR count). The predicted molar refractivity (Wildman–Crippen MR) is 88.1 cm³/mol. The van der Waals surface area contributed by atoms with Gasteiger partial charge in [-0.3, -0.25) is 0 Å². The maximum atomic E-state index is 12.9. The number of hydrogen-bond acceptors (Lipinski definition) is 4. The van der Waals surface area contributed by atoms with Gasteiger partial charge in [-0.05, 0) is 37.8 Å². The van der Waals surface area contributed by atoms with Gasteiger partial charge in [0.2, 0.25) is 10.0 Å². The molecule has 4 nitrogen and oxygen atoms in total. The van der Waals surface area contributed by atoms with E-state index in [9.17, 15) is 8.42 Å². The third kappa shape index (κ3) is 3.50.